The summed E-state index contributed by atoms with van der Waals surface area (Å²) in [4.78, 5) is 32.7. The minimum atomic E-state index is -1.21. The molecule has 29 heavy (non-hydrogen) atoms. The minimum Gasteiger partial charge on any atom is -0.481 e. The maximum Gasteiger partial charge on any atom is 0.310 e. The lowest BCUT2D eigenvalue weighted by Crippen LogP contribution is -2.12. The molecule has 6 nitrogen and oxygen atoms in total. The van der Waals surface area contributed by atoms with E-state index in [0.717, 1.165) is 28.8 Å². The molecular formula is C22H20BrNO5. The summed E-state index contributed by atoms with van der Waals surface area (Å²) in [6.07, 6.45) is -0.0504. The number of benzene rings is 2. The van der Waals surface area contributed by atoms with Crippen LogP contribution in [0.2, 0.25) is 0 Å². The molecule has 0 amide bonds. The van der Waals surface area contributed by atoms with Crippen molar-refractivity contribution in [2.24, 2.45) is 0 Å². The van der Waals surface area contributed by atoms with Crippen LogP contribution in [0.15, 0.2) is 71.3 Å². The molecule has 2 aromatic carbocycles. The highest BCUT2D eigenvalue weighted by molar-refractivity contribution is 9.09. The highest BCUT2D eigenvalue weighted by Crippen LogP contribution is 2.19. The first-order valence-corrected chi connectivity index (χ1v) is 10.0. The van der Waals surface area contributed by atoms with Gasteiger partial charge in [0.2, 0.25) is 0 Å². The molecule has 0 aliphatic heterocycles. The predicted molar refractivity (Wildman–Crippen MR) is 112 cm³/mol. The Morgan fingerprint density at radius 2 is 1.55 bits per heavy atom. The second kappa shape index (κ2) is 11.7. The second-order valence-corrected chi connectivity index (χ2v) is 6.86. The Kier molecular flexibility index (Phi) is 8.98. The van der Waals surface area contributed by atoms with Gasteiger partial charge in [0.1, 0.15) is 6.42 Å². The molecule has 150 valence electrons. The van der Waals surface area contributed by atoms with Crippen molar-refractivity contribution in [2.45, 2.75) is 19.3 Å². The highest BCUT2D eigenvalue weighted by Gasteiger charge is 2.14. The van der Waals surface area contributed by atoms with Crippen LogP contribution < -0.4 is 0 Å². The molecule has 0 atom stereocenters. The van der Waals surface area contributed by atoms with Gasteiger partial charge in [0.05, 0.1) is 12.1 Å². The number of carboxylic acid groups (broad SMARTS) is 1. The van der Waals surface area contributed by atoms with Crippen LogP contribution >= 0.6 is 15.9 Å². The van der Waals surface area contributed by atoms with Crippen molar-refractivity contribution in [3.05, 3.63) is 78.0 Å². The van der Waals surface area contributed by atoms with E-state index < -0.39 is 18.2 Å². The molecule has 0 saturated heterocycles. The smallest absolute Gasteiger partial charge is 0.310 e. The first-order chi connectivity index (χ1) is 14.0. The number of aryl methyl sites for hydroxylation is 1. The third-order valence-corrected chi connectivity index (χ3v) is 4.17. The van der Waals surface area contributed by atoms with Gasteiger partial charge in [-0.05, 0) is 0 Å². The second-order valence-electron chi connectivity index (χ2n) is 6.06. The van der Waals surface area contributed by atoms with Crippen LogP contribution in [0.4, 0.5) is 0 Å². The molecule has 3 rings (SSSR count). The van der Waals surface area contributed by atoms with Crippen LogP contribution in [-0.4, -0.2) is 33.1 Å². The molecule has 0 radical (unpaired) electrons. The summed E-state index contributed by atoms with van der Waals surface area (Å²) < 4.78 is 5.23. The normalized spacial score (nSPS) is 9.97. The molecule has 0 unspecified atom stereocenters. The minimum absolute atomic E-state index is 0.346. The summed E-state index contributed by atoms with van der Waals surface area (Å²) in [6.45, 7) is 0. The van der Waals surface area contributed by atoms with Crippen molar-refractivity contribution < 1.29 is 24.0 Å². The number of Topliss-reactive ketones (excluding diaryl/α,β-unsaturated/α-hetero) is 2. The fourth-order valence-electron chi connectivity index (χ4n) is 2.40. The number of halogens is 1. The Morgan fingerprint density at radius 1 is 0.931 bits per heavy atom. The highest BCUT2D eigenvalue weighted by atomic mass is 79.9. The van der Waals surface area contributed by atoms with E-state index in [2.05, 4.69) is 21.1 Å². The molecule has 0 aliphatic rings. The Labute approximate surface area is 176 Å². The van der Waals surface area contributed by atoms with E-state index in [-0.39, 0.29) is 12.2 Å². The van der Waals surface area contributed by atoms with Crippen molar-refractivity contribution in [1.29, 1.82) is 0 Å². The zero-order valence-electron chi connectivity index (χ0n) is 15.6. The number of ketones is 2. The SMILES string of the molecule is BrCCc1cc(-c2ccccc2)on1.O=C(O)CC(=O)CC(=O)c1ccccc1. The fourth-order valence-corrected chi connectivity index (χ4v) is 2.81. The van der Waals surface area contributed by atoms with E-state index in [1.54, 1.807) is 30.3 Å². The molecule has 0 bridgehead atoms. The first kappa shape index (κ1) is 22.2. The van der Waals surface area contributed by atoms with E-state index in [1.165, 1.54) is 0 Å². The molecule has 1 heterocycles. The zero-order valence-corrected chi connectivity index (χ0v) is 17.2. The molecular weight excluding hydrogens is 438 g/mol. The number of carboxylic acids is 1. The van der Waals surface area contributed by atoms with E-state index in [4.69, 9.17) is 9.63 Å². The summed E-state index contributed by atoms with van der Waals surface area (Å²) in [6, 6.07) is 20.3. The van der Waals surface area contributed by atoms with Gasteiger partial charge in [-0.25, -0.2) is 0 Å². The van der Waals surface area contributed by atoms with E-state index in [1.807, 2.05) is 36.4 Å². The maximum absolute atomic E-state index is 11.4. The van der Waals surface area contributed by atoms with Gasteiger partial charge in [-0.1, -0.05) is 81.8 Å². The van der Waals surface area contributed by atoms with Crippen molar-refractivity contribution in [3.8, 4) is 11.3 Å². The number of nitrogens with zero attached hydrogens (tertiary/aromatic N) is 1. The summed E-state index contributed by atoms with van der Waals surface area (Å²) in [5.41, 5.74) is 2.48. The van der Waals surface area contributed by atoms with Crippen molar-refractivity contribution in [1.82, 2.24) is 5.16 Å². The van der Waals surface area contributed by atoms with Gasteiger partial charge in [0, 0.05) is 28.9 Å². The van der Waals surface area contributed by atoms with Crippen LogP contribution in [0, 0.1) is 0 Å². The molecule has 0 spiro atoms. The van der Waals surface area contributed by atoms with Crippen LogP contribution in [0.3, 0.4) is 0 Å². The molecule has 0 aliphatic carbocycles. The largest absolute Gasteiger partial charge is 0.481 e. The van der Waals surface area contributed by atoms with Crippen LogP contribution in [0.1, 0.15) is 28.9 Å². The Balaban J connectivity index is 0.000000207. The lowest BCUT2D eigenvalue weighted by molar-refractivity contribution is -0.139. The van der Waals surface area contributed by atoms with Crippen LogP contribution in [-0.2, 0) is 16.0 Å². The molecule has 0 fully saturated rings. The van der Waals surface area contributed by atoms with Gasteiger partial charge in [0.25, 0.3) is 0 Å². The van der Waals surface area contributed by atoms with Crippen molar-refractivity contribution in [3.63, 3.8) is 0 Å². The van der Waals surface area contributed by atoms with Crippen LogP contribution in [0.25, 0.3) is 11.3 Å². The molecule has 7 heteroatoms. The lowest BCUT2D eigenvalue weighted by atomic mass is 10.1. The average Bonchev–Trinajstić information content (AvgIpc) is 3.18. The van der Waals surface area contributed by atoms with Crippen LogP contribution in [0.5, 0.6) is 0 Å². The Morgan fingerprint density at radius 3 is 2.14 bits per heavy atom. The zero-order chi connectivity index (χ0) is 21.1. The summed E-state index contributed by atoms with van der Waals surface area (Å²) >= 11 is 3.37. The topological polar surface area (TPSA) is 97.5 Å². The first-order valence-electron chi connectivity index (χ1n) is 8.88. The van der Waals surface area contributed by atoms with Gasteiger partial charge in [-0.15, -0.1) is 0 Å². The van der Waals surface area contributed by atoms with Gasteiger partial charge in [-0.3, -0.25) is 14.4 Å². The lowest BCUT2D eigenvalue weighted by Gasteiger charge is -1.98. The number of aromatic nitrogens is 1. The number of alkyl halides is 1. The summed E-state index contributed by atoms with van der Waals surface area (Å²) in [7, 11) is 0. The average molecular weight is 458 g/mol. The van der Waals surface area contributed by atoms with Gasteiger partial charge >= 0.3 is 5.97 Å². The van der Waals surface area contributed by atoms with E-state index in [0.29, 0.717) is 5.56 Å². The quantitative estimate of drug-likeness (QED) is 0.302. The third kappa shape index (κ3) is 7.83. The Hall–Kier alpha value is -3.06. The third-order valence-electron chi connectivity index (χ3n) is 3.77. The predicted octanol–water partition coefficient (Wildman–Crippen LogP) is 4.58. The van der Waals surface area contributed by atoms with Crippen molar-refractivity contribution in [2.75, 3.05) is 5.33 Å². The van der Waals surface area contributed by atoms with E-state index >= 15 is 0 Å². The molecule has 3 aromatic rings. The van der Waals surface area contributed by atoms with Crippen molar-refractivity contribution >= 4 is 33.5 Å². The fraction of sp³-hybridized carbons (Fsp3) is 0.182. The number of hydrogen-bond donors (Lipinski definition) is 1. The van der Waals surface area contributed by atoms with Gasteiger partial charge < -0.3 is 9.63 Å². The maximum atomic E-state index is 11.4. The van der Waals surface area contributed by atoms with E-state index in [9.17, 15) is 14.4 Å². The Bertz CT molecular complexity index is 938. The molecule has 1 N–H and O–H groups in total. The van der Waals surface area contributed by atoms with Gasteiger partial charge in [0.15, 0.2) is 17.3 Å². The number of aliphatic carboxylic acids is 1. The molecule has 1 aromatic heterocycles. The monoisotopic (exact) mass is 457 g/mol. The number of hydrogen-bond acceptors (Lipinski definition) is 5. The number of carbonyl (C=O) groups is 3. The number of rotatable bonds is 8. The standard InChI is InChI=1S/C11H10BrNO.C11H10O4/c12-7-6-10-8-11(14-13-10)9-4-2-1-3-5-9;12-9(7-11(14)15)6-10(13)8-4-2-1-3-5-8/h1-5,8H,6-7H2;1-5H,6-7H2,(H,14,15). The summed E-state index contributed by atoms with van der Waals surface area (Å²) in [5, 5.41) is 13.2. The van der Waals surface area contributed by atoms with Gasteiger partial charge in [-0.2, -0.15) is 0 Å². The summed E-state index contributed by atoms with van der Waals surface area (Å²) in [5.74, 6) is -1.29. The molecule has 0 saturated carbocycles. The number of carbonyl (C=O) groups excluding carboxylic acids is 2.